The van der Waals surface area contributed by atoms with E-state index in [0.717, 1.165) is 51.4 Å². The van der Waals surface area contributed by atoms with Crippen molar-refractivity contribution in [1.82, 2.24) is 5.32 Å². The first-order chi connectivity index (χ1) is 39.5. The first-order valence-corrected chi connectivity index (χ1v) is 36.2. The Bertz CT molecular complexity index is 1300. The highest BCUT2D eigenvalue weighted by Gasteiger charge is 2.20. The normalized spacial score (nSPS) is 12.7. The molecule has 0 aliphatic rings. The van der Waals surface area contributed by atoms with Gasteiger partial charge < -0.3 is 20.3 Å². The van der Waals surface area contributed by atoms with E-state index in [4.69, 9.17) is 4.74 Å². The zero-order valence-electron chi connectivity index (χ0n) is 54.1. The Hall–Kier alpha value is -1.92. The van der Waals surface area contributed by atoms with E-state index < -0.39 is 12.1 Å². The largest absolute Gasteiger partial charge is 0.466 e. The van der Waals surface area contributed by atoms with Crippen molar-refractivity contribution in [1.29, 1.82) is 0 Å². The van der Waals surface area contributed by atoms with Crippen LogP contribution in [-0.4, -0.2) is 47.4 Å². The second-order valence-corrected chi connectivity index (χ2v) is 24.9. The average molecular weight is 1120 g/mol. The minimum absolute atomic E-state index is 0.00637. The molecule has 0 bridgehead atoms. The maximum Gasteiger partial charge on any atom is 0.305 e. The number of amides is 1. The number of aliphatic hydroxyl groups excluding tert-OH is 2. The van der Waals surface area contributed by atoms with E-state index in [1.807, 2.05) is 0 Å². The highest BCUT2D eigenvalue weighted by molar-refractivity contribution is 5.76. The standard InChI is InChI=1S/C74H141NO5/c1-3-5-7-9-11-13-15-17-19-21-22-28-31-35-38-42-46-50-54-58-62-66-72(77)71(70-76)75-73(78)67-63-59-55-51-47-43-39-36-32-29-26-24-23-25-27-30-33-37-41-45-49-53-57-61-65-69-80-74(79)68-64-60-56-52-48-44-40-34-20-18-16-14-12-10-8-6-4-2/h18,20,24-27,71-72,76-77H,3-17,19,21-23,28-70H2,1-2H3,(H,75,78)/b20-18-,26-24-,27-25-. The Labute approximate surface area is 500 Å². The topological polar surface area (TPSA) is 95.9 Å². The molecule has 3 N–H and O–H groups in total. The molecule has 6 heteroatoms. The van der Waals surface area contributed by atoms with Gasteiger partial charge in [-0.05, 0) is 83.5 Å². The lowest BCUT2D eigenvalue weighted by molar-refractivity contribution is -0.143. The molecular weight excluding hydrogens is 983 g/mol. The molecule has 0 radical (unpaired) electrons. The molecule has 0 aromatic carbocycles. The Morgan fingerprint density at radius 2 is 0.625 bits per heavy atom. The maximum absolute atomic E-state index is 12.5. The van der Waals surface area contributed by atoms with Gasteiger partial charge in [-0.25, -0.2) is 0 Å². The van der Waals surface area contributed by atoms with Crippen molar-refractivity contribution in [2.75, 3.05) is 13.2 Å². The summed E-state index contributed by atoms with van der Waals surface area (Å²) in [6, 6.07) is -0.548. The third-order valence-corrected chi connectivity index (χ3v) is 16.9. The van der Waals surface area contributed by atoms with Crippen LogP contribution in [-0.2, 0) is 14.3 Å². The van der Waals surface area contributed by atoms with Crippen LogP contribution in [0.15, 0.2) is 36.5 Å². The minimum atomic E-state index is -0.670. The molecule has 0 aromatic heterocycles. The summed E-state index contributed by atoms with van der Waals surface area (Å²) in [7, 11) is 0. The van der Waals surface area contributed by atoms with Crippen LogP contribution in [0.4, 0.5) is 0 Å². The zero-order valence-corrected chi connectivity index (χ0v) is 54.1. The van der Waals surface area contributed by atoms with Gasteiger partial charge in [0, 0.05) is 12.8 Å². The fourth-order valence-electron chi connectivity index (χ4n) is 11.4. The summed E-state index contributed by atoms with van der Waals surface area (Å²) in [6.07, 6.45) is 89.1. The van der Waals surface area contributed by atoms with Gasteiger partial charge in [-0.2, -0.15) is 0 Å². The van der Waals surface area contributed by atoms with E-state index in [1.165, 1.54) is 315 Å². The van der Waals surface area contributed by atoms with Crippen molar-refractivity contribution in [2.45, 2.75) is 411 Å². The number of aliphatic hydroxyl groups is 2. The molecule has 0 spiro atoms. The zero-order chi connectivity index (χ0) is 57.8. The Balaban J connectivity index is 3.42. The highest BCUT2D eigenvalue weighted by Crippen LogP contribution is 2.19. The average Bonchev–Trinajstić information content (AvgIpc) is 3.46. The van der Waals surface area contributed by atoms with Crippen LogP contribution in [0.3, 0.4) is 0 Å². The Morgan fingerprint density at radius 1 is 0.350 bits per heavy atom. The molecule has 2 unspecified atom stereocenters. The number of nitrogens with one attached hydrogen (secondary N) is 1. The van der Waals surface area contributed by atoms with Gasteiger partial charge in [0.15, 0.2) is 0 Å². The molecule has 0 aliphatic heterocycles. The van der Waals surface area contributed by atoms with E-state index in [1.54, 1.807) is 0 Å². The summed E-state index contributed by atoms with van der Waals surface area (Å²) >= 11 is 0. The van der Waals surface area contributed by atoms with Crippen molar-refractivity contribution in [3.8, 4) is 0 Å². The number of carbonyl (C=O) groups is 2. The first kappa shape index (κ1) is 78.1. The Morgan fingerprint density at radius 3 is 0.963 bits per heavy atom. The van der Waals surface area contributed by atoms with Gasteiger partial charge in [0.1, 0.15) is 0 Å². The Kier molecular flexibility index (Phi) is 67.9. The summed E-state index contributed by atoms with van der Waals surface area (Å²) in [4.78, 5) is 24.6. The molecule has 0 aliphatic carbocycles. The van der Waals surface area contributed by atoms with Gasteiger partial charge in [0.2, 0.25) is 5.91 Å². The number of esters is 1. The van der Waals surface area contributed by atoms with Crippen LogP contribution in [0.1, 0.15) is 399 Å². The maximum atomic E-state index is 12.5. The molecule has 0 fully saturated rings. The molecule has 0 heterocycles. The molecule has 0 saturated heterocycles. The summed E-state index contributed by atoms with van der Waals surface area (Å²) in [5, 5.41) is 23.4. The molecule has 1 amide bonds. The van der Waals surface area contributed by atoms with Gasteiger partial charge in [0.25, 0.3) is 0 Å². The predicted octanol–water partition coefficient (Wildman–Crippen LogP) is 23.5. The molecule has 0 rings (SSSR count). The summed E-state index contributed by atoms with van der Waals surface area (Å²) < 4.78 is 5.50. The van der Waals surface area contributed by atoms with Gasteiger partial charge in [-0.1, -0.05) is 339 Å². The lowest BCUT2D eigenvalue weighted by Crippen LogP contribution is -2.45. The van der Waals surface area contributed by atoms with E-state index in [0.29, 0.717) is 25.9 Å². The number of carbonyl (C=O) groups excluding carboxylic acids is 2. The smallest absolute Gasteiger partial charge is 0.305 e. The van der Waals surface area contributed by atoms with Crippen molar-refractivity contribution >= 4 is 11.9 Å². The monoisotopic (exact) mass is 1120 g/mol. The van der Waals surface area contributed by atoms with Crippen LogP contribution in [0.2, 0.25) is 0 Å². The van der Waals surface area contributed by atoms with Crippen LogP contribution in [0.25, 0.3) is 0 Å². The second-order valence-electron chi connectivity index (χ2n) is 24.9. The highest BCUT2D eigenvalue weighted by atomic mass is 16.5. The van der Waals surface area contributed by atoms with Crippen LogP contribution in [0, 0.1) is 0 Å². The van der Waals surface area contributed by atoms with Crippen LogP contribution >= 0.6 is 0 Å². The van der Waals surface area contributed by atoms with Gasteiger partial charge in [-0.15, -0.1) is 0 Å². The van der Waals surface area contributed by atoms with E-state index in [-0.39, 0.29) is 18.5 Å². The minimum Gasteiger partial charge on any atom is -0.466 e. The van der Waals surface area contributed by atoms with Gasteiger partial charge >= 0.3 is 5.97 Å². The SMILES string of the molecule is CCCCCCCC/C=C\CCCCCCCCCC(=O)OCCCCCCCCCCC/C=C\C/C=C\CCCCCCCCCCCC(=O)NC(CO)C(O)CCCCCCCCCCCCCCCCCCCCCCC. The van der Waals surface area contributed by atoms with Crippen molar-refractivity contribution in [2.24, 2.45) is 0 Å². The molecule has 472 valence electrons. The summed E-state index contributed by atoms with van der Waals surface area (Å²) in [5.41, 5.74) is 0. The summed E-state index contributed by atoms with van der Waals surface area (Å²) in [6.45, 7) is 4.98. The van der Waals surface area contributed by atoms with Crippen molar-refractivity contribution in [3.05, 3.63) is 36.5 Å². The number of allylic oxidation sites excluding steroid dienone is 6. The first-order valence-electron chi connectivity index (χ1n) is 36.2. The third kappa shape index (κ3) is 65.2. The third-order valence-electron chi connectivity index (χ3n) is 16.9. The fourth-order valence-corrected chi connectivity index (χ4v) is 11.4. The number of ether oxygens (including phenoxy) is 1. The lowest BCUT2D eigenvalue weighted by atomic mass is 10.0. The summed E-state index contributed by atoms with van der Waals surface area (Å²) in [5.74, 6) is -0.0309. The predicted molar refractivity (Wildman–Crippen MR) is 352 cm³/mol. The molecule has 0 saturated carbocycles. The second kappa shape index (κ2) is 69.6. The van der Waals surface area contributed by atoms with Gasteiger partial charge in [-0.3, -0.25) is 9.59 Å². The fraction of sp³-hybridized carbons (Fsp3) is 0.892. The van der Waals surface area contributed by atoms with Crippen LogP contribution in [0.5, 0.6) is 0 Å². The van der Waals surface area contributed by atoms with Crippen LogP contribution < -0.4 is 5.32 Å². The molecular formula is C74H141NO5. The molecule has 0 aromatic rings. The molecule has 80 heavy (non-hydrogen) atoms. The number of rotatable bonds is 68. The number of hydrogen-bond donors (Lipinski definition) is 3. The van der Waals surface area contributed by atoms with Crippen molar-refractivity contribution < 1.29 is 24.5 Å². The number of unbranched alkanes of at least 4 members (excludes halogenated alkanes) is 51. The molecule has 6 nitrogen and oxygen atoms in total. The number of hydrogen-bond acceptors (Lipinski definition) is 5. The van der Waals surface area contributed by atoms with Crippen molar-refractivity contribution in [3.63, 3.8) is 0 Å². The van der Waals surface area contributed by atoms with E-state index in [2.05, 4.69) is 55.6 Å². The lowest BCUT2D eigenvalue weighted by Gasteiger charge is -2.22. The quantitative estimate of drug-likeness (QED) is 0.0320. The van der Waals surface area contributed by atoms with E-state index in [9.17, 15) is 19.8 Å². The molecule has 2 atom stereocenters. The van der Waals surface area contributed by atoms with Gasteiger partial charge in [0.05, 0.1) is 25.4 Å². The van der Waals surface area contributed by atoms with E-state index >= 15 is 0 Å².